The molecule has 0 saturated carbocycles. The monoisotopic (exact) mass is 461 g/mol. The lowest BCUT2D eigenvalue weighted by molar-refractivity contribution is -0.105. The van der Waals surface area contributed by atoms with Crippen molar-refractivity contribution in [3.05, 3.63) is 67.1 Å². The lowest BCUT2D eigenvalue weighted by atomic mass is 10.1. The number of hydrogen-bond donors (Lipinski definition) is 5. The smallest absolute Gasteiger partial charge is 0.211 e. The molecule has 10 nitrogen and oxygen atoms in total. The number of hydrogen-bond acceptors (Lipinski definition) is 8. The van der Waals surface area contributed by atoms with Gasteiger partial charge in [-0.1, -0.05) is 30.3 Å². The first-order valence-electron chi connectivity index (χ1n) is 10.7. The highest BCUT2D eigenvalue weighted by Crippen LogP contribution is 2.39. The zero-order valence-corrected chi connectivity index (χ0v) is 17.9. The van der Waals surface area contributed by atoms with Crippen molar-refractivity contribution in [2.45, 2.75) is 24.5 Å². The molecule has 2 aromatic heterocycles. The number of aliphatic hydroxyl groups excluding tert-OH is 3. The predicted molar refractivity (Wildman–Crippen MR) is 125 cm³/mol. The van der Waals surface area contributed by atoms with Crippen LogP contribution < -0.4 is 10.6 Å². The van der Waals surface area contributed by atoms with Crippen molar-refractivity contribution < 1.29 is 24.9 Å². The summed E-state index contributed by atoms with van der Waals surface area (Å²) in [6, 6.07) is 16.8. The third-order valence-corrected chi connectivity index (χ3v) is 5.86. The molecule has 1 saturated heterocycles. The van der Waals surface area contributed by atoms with Gasteiger partial charge in [0.25, 0.3) is 0 Å². The van der Waals surface area contributed by atoms with Gasteiger partial charge in [-0.2, -0.15) is 0 Å². The summed E-state index contributed by atoms with van der Waals surface area (Å²) >= 11 is 0. The normalized spacial score (nSPS) is 22.1. The molecule has 0 bridgehead atoms. The van der Waals surface area contributed by atoms with Crippen LogP contribution in [0.4, 0.5) is 17.2 Å². The molecule has 1 aliphatic heterocycles. The molecule has 0 radical (unpaired) electrons. The Bertz CT molecular complexity index is 1290. The minimum Gasteiger partial charge on any atom is -0.394 e. The Kier molecular flexibility index (Phi) is 5.95. The summed E-state index contributed by atoms with van der Waals surface area (Å²) in [5.41, 5.74) is 3.60. The second kappa shape index (κ2) is 9.20. The first-order chi connectivity index (χ1) is 16.6. The number of aliphatic hydroxyl groups is 3. The number of nitrogens with one attached hydrogen (secondary N) is 2. The number of rotatable bonds is 7. The number of benzene rings is 2. The third-order valence-electron chi connectivity index (χ3n) is 5.86. The Morgan fingerprint density at radius 2 is 1.74 bits per heavy atom. The number of carbonyl (C=O) groups is 1. The first-order valence-corrected chi connectivity index (χ1v) is 10.7. The van der Waals surface area contributed by atoms with Crippen LogP contribution in [0, 0.1) is 0 Å². The van der Waals surface area contributed by atoms with Crippen LogP contribution in [0.1, 0.15) is 6.23 Å². The highest BCUT2D eigenvalue weighted by Gasteiger charge is 2.44. The number of anilines is 3. The van der Waals surface area contributed by atoms with E-state index in [2.05, 4.69) is 20.6 Å². The van der Waals surface area contributed by atoms with Crippen LogP contribution in [-0.4, -0.2) is 61.2 Å². The molecule has 4 atom stereocenters. The van der Waals surface area contributed by atoms with Crippen LogP contribution in [0.15, 0.2) is 67.1 Å². The van der Waals surface area contributed by atoms with Crippen LogP contribution in [0.25, 0.3) is 22.2 Å². The van der Waals surface area contributed by atoms with E-state index in [1.54, 1.807) is 22.9 Å². The fourth-order valence-electron chi connectivity index (χ4n) is 4.17. The Balaban J connectivity index is 1.62. The number of ether oxygens (including phenoxy) is 1. The van der Waals surface area contributed by atoms with Gasteiger partial charge in [0.15, 0.2) is 6.23 Å². The summed E-state index contributed by atoms with van der Waals surface area (Å²) in [5, 5.41) is 37.0. The average Bonchev–Trinajstić information content (AvgIpc) is 3.39. The van der Waals surface area contributed by atoms with Crippen molar-refractivity contribution in [1.82, 2.24) is 14.5 Å². The second-order valence-corrected chi connectivity index (χ2v) is 7.93. The topological polar surface area (TPSA) is 142 Å². The van der Waals surface area contributed by atoms with E-state index in [1.807, 2.05) is 42.5 Å². The third kappa shape index (κ3) is 3.88. The van der Waals surface area contributed by atoms with E-state index in [0.717, 1.165) is 16.8 Å². The van der Waals surface area contributed by atoms with Crippen LogP contribution in [0.2, 0.25) is 0 Å². The molecular weight excluding hydrogens is 438 g/mol. The number of amides is 1. The first kappa shape index (κ1) is 22.0. The molecule has 4 aromatic rings. The maximum Gasteiger partial charge on any atom is 0.211 e. The largest absolute Gasteiger partial charge is 0.394 e. The summed E-state index contributed by atoms with van der Waals surface area (Å²) in [7, 11) is 0. The fraction of sp³-hybridized carbons (Fsp3) is 0.208. The van der Waals surface area contributed by atoms with Gasteiger partial charge in [-0.15, -0.1) is 0 Å². The Morgan fingerprint density at radius 3 is 2.41 bits per heavy atom. The van der Waals surface area contributed by atoms with Gasteiger partial charge in [0.05, 0.1) is 12.0 Å². The highest BCUT2D eigenvalue weighted by molar-refractivity contribution is 6.02. The zero-order chi connectivity index (χ0) is 23.7. The van der Waals surface area contributed by atoms with E-state index in [-0.39, 0.29) is 0 Å². The van der Waals surface area contributed by atoms with Crippen LogP contribution in [-0.2, 0) is 9.53 Å². The molecule has 1 aliphatic rings. The van der Waals surface area contributed by atoms with Crippen molar-refractivity contribution >= 4 is 34.6 Å². The standard InChI is InChI=1S/C24H23N5O5/c30-11-18-20(32)21(33)24(34-18)29-10-17(14-4-2-1-3-5-14)19-22(25-12-26-23(19)29)28-16-8-6-15(7-9-16)27-13-31/h1-10,12-13,18,20-21,24,30,32-33H,11H2,(H,27,31)(H,25,26,28)/t18-,20+,21+,24-/m1/s1. The fourth-order valence-corrected chi connectivity index (χ4v) is 4.17. The molecule has 174 valence electrons. The van der Waals surface area contributed by atoms with E-state index in [0.29, 0.717) is 28.9 Å². The minimum absolute atomic E-state index is 0.420. The molecule has 10 heteroatoms. The highest BCUT2D eigenvalue weighted by atomic mass is 16.6. The Labute approximate surface area is 194 Å². The van der Waals surface area contributed by atoms with E-state index in [1.165, 1.54) is 6.33 Å². The zero-order valence-electron chi connectivity index (χ0n) is 17.9. The lowest BCUT2D eigenvalue weighted by Crippen LogP contribution is -2.33. The minimum atomic E-state index is -1.25. The van der Waals surface area contributed by atoms with E-state index in [9.17, 15) is 20.1 Å². The summed E-state index contributed by atoms with van der Waals surface area (Å²) < 4.78 is 7.43. The number of carbonyl (C=O) groups excluding carboxylic acids is 1. The molecule has 1 amide bonds. The summed E-state index contributed by atoms with van der Waals surface area (Å²) in [6.45, 7) is -0.420. The molecule has 0 aliphatic carbocycles. The summed E-state index contributed by atoms with van der Waals surface area (Å²) in [6.07, 6.45) is -0.509. The van der Waals surface area contributed by atoms with Crippen LogP contribution in [0.5, 0.6) is 0 Å². The predicted octanol–water partition coefficient (Wildman–Crippen LogP) is 2.02. The van der Waals surface area contributed by atoms with Crippen molar-refractivity contribution in [2.75, 3.05) is 17.2 Å². The molecule has 5 N–H and O–H groups in total. The van der Waals surface area contributed by atoms with Crippen molar-refractivity contribution in [1.29, 1.82) is 0 Å². The maximum atomic E-state index is 10.7. The SMILES string of the molecule is O=CNc1ccc(Nc2ncnc3c2c(-c2ccccc2)cn3[C@@H]2O[C@H](CO)[C@H](O)[C@@H]2O)cc1. The van der Waals surface area contributed by atoms with Gasteiger partial charge < -0.3 is 35.3 Å². The van der Waals surface area contributed by atoms with Crippen LogP contribution in [0.3, 0.4) is 0 Å². The van der Waals surface area contributed by atoms with E-state index >= 15 is 0 Å². The maximum absolute atomic E-state index is 10.7. The van der Waals surface area contributed by atoms with Crippen LogP contribution >= 0.6 is 0 Å². The van der Waals surface area contributed by atoms with Crippen molar-refractivity contribution in [2.24, 2.45) is 0 Å². The van der Waals surface area contributed by atoms with Gasteiger partial charge in [-0.25, -0.2) is 9.97 Å². The summed E-state index contributed by atoms with van der Waals surface area (Å²) in [5.74, 6) is 0.533. The quantitative estimate of drug-likeness (QED) is 0.263. The molecular formula is C24H23N5O5. The number of aromatic nitrogens is 3. The van der Waals surface area contributed by atoms with Crippen molar-refractivity contribution in [3.63, 3.8) is 0 Å². The molecule has 34 heavy (non-hydrogen) atoms. The van der Waals surface area contributed by atoms with E-state index in [4.69, 9.17) is 4.74 Å². The molecule has 1 fully saturated rings. The van der Waals surface area contributed by atoms with E-state index < -0.39 is 31.1 Å². The molecule has 5 rings (SSSR count). The van der Waals surface area contributed by atoms with Gasteiger partial charge in [-0.05, 0) is 29.8 Å². The molecule has 3 heterocycles. The molecule has 0 unspecified atom stereocenters. The van der Waals surface area contributed by atoms with Gasteiger partial charge in [-0.3, -0.25) is 4.79 Å². The van der Waals surface area contributed by atoms with Crippen molar-refractivity contribution in [3.8, 4) is 11.1 Å². The van der Waals surface area contributed by atoms with Gasteiger partial charge >= 0.3 is 0 Å². The van der Waals surface area contributed by atoms with Gasteiger partial charge in [0, 0.05) is 23.1 Å². The second-order valence-electron chi connectivity index (χ2n) is 7.93. The molecule has 0 spiro atoms. The Morgan fingerprint density at radius 1 is 1.00 bits per heavy atom. The van der Waals surface area contributed by atoms with Gasteiger partial charge in [0.2, 0.25) is 6.41 Å². The van der Waals surface area contributed by atoms with Gasteiger partial charge in [0.1, 0.15) is 36.1 Å². The average molecular weight is 461 g/mol. The number of nitrogens with zero attached hydrogens (tertiary/aromatic N) is 3. The number of fused-ring (bicyclic) bond motifs is 1. The Hall–Kier alpha value is -3.83. The summed E-state index contributed by atoms with van der Waals surface area (Å²) in [4.78, 5) is 19.6. The molecule has 2 aromatic carbocycles. The lowest BCUT2D eigenvalue weighted by Gasteiger charge is -2.17.